The van der Waals surface area contributed by atoms with Gasteiger partial charge >= 0.3 is 0 Å². The molecule has 1 saturated carbocycles. The van der Waals surface area contributed by atoms with Gasteiger partial charge in [-0.1, -0.05) is 37.3 Å². The smallest absolute Gasteiger partial charge is 0.275 e. The number of aryl methyl sites for hydroxylation is 2. The van der Waals surface area contributed by atoms with E-state index in [0.29, 0.717) is 12.2 Å². The number of carbonyl (C=O) groups is 1. The Morgan fingerprint density at radius 1 is 1.36 bits per heavy atom. The highest BCUT2D eigenvalue weighted by Gasteiger charge is 2.17. The van der Waals surface area contributed by atoms with Crippen molar-refractivity contribution < 1.29 is 4.79 Å². The van der Waals surface area contributed by atoms with E-state index in [1.54, 1.807) is 22.4 Å². The normalized spacial score (nSPS) is 15.4. The second kappa shape index (κ2) is 8.56. The summed E-state index contributed by atoms with van der Waals surface area (Å²) in [7, 11) is 1.82. The molecule has 3 rings (SSSR count). The standard InChI is InChI=1S/C18H27N5OS/c1-14-17(25-13-19-14)9-10-22(2)18(24)16-12-23(21-20-16)11-8-15-6-4-3-5-7-15/h12-13,15H,3-11H2,1-2H3. The highest BCUT2D eigenvalue weighted by atomic mass is 32.1. The van der Waals surface area contributed by atoms with E-state index >= 15 is 0 Å². The topological polar surface area (TPSA) is 63.9 Å². The van der Waals surface area contributed by atoms with Gasteiger partial charge in [-0.3, -0.25) is 9.48 Å². The fraction of sp³-hybridized carbons (Fsp3) is 0.667. The number of likely N-dealkylation sites (N-methyl/N-ethyl adjacent to an activating group) is 1. The lowest BCUT2D eigenvalue weighted by molar-refractivity contribution is 0.0791. The van der Waals surface area contributed by atoms with Crippen LogP contribution in [0, 0.1) is 12.8 Å². The van der Waals surface area contributed by atoms with Crippen molar-refractivity contribution in [3.8, 4) is 0 Å². The van der Waals surface area contributed by atoms with E-state index in [9.17, 15) is 4.79 Å². The van der Waals surface area contributed by atoms with Crippen LogP contribution in [-0.2, 0) is 13.0 Å². The Morgan fingerprint density at radius 2 is 2.16 bits per heavy atom. The van der Waals surface area contributed by atoms with Crippen LogP contribution in [0.1, 0.15) is 59.6 Å². The van der Waals surface area contributed by atoms with Gasteiger partial charge in [0.1, 0.15) is 0 Å². The van der Waals surface area contributed by atoms with Gasteiger partial charge in [-0.25, -0.2) is 4.98 Å². The largest absolute Gasteiger partial charge is 0.340 e. The number of carbonyl (C=O) groups excluding carboxylic acids is 1. The summed E-state index contributed by atoms with van der Waals surface area (Å²) >= 11 is 1.64. The Hall–Kier alpha value is -1.76. The van der Waals surface area contributed by atoms with Gasteiger partial charge in [-0.2, -0.15) is 0 Å². The van der Waals surface area contributed by atoms with Crippen LogP contribution >= 0.6 is 11.3 Å². The average molecular weight is 362 g/mol. The maximum atomic E-state index is 12.5. The predicted octanol–water partition coefficient (Wildman–Crippen LogP) is 3.33. The van der Waals surface area contributed by atoms with Crippen molar-refractivity contribution in [1.29, 1.82) is 0 Å². The summed E-state index contributed by atoms with van der Waals surface area (Å²) in [6.45, 7) is 3.52. The quantitative estimate of drug-likeness (QED) is 0.759. The molecule has 1 aliphatic carbocycles. The molecule has 0 unspecified atom stereocenters. The second-order valence-electron chi connectivity index (χ2n) is 7.00. The van der Waals surface area contributed by atoms with Gasteiger partial charge in [0, 0.05) is 31.4 Å². The molecule has 1 amide bonds. The average Bonchev–Trinajstić information content (AvgIpc) is 3.27. The lowest BCUT2D eigenvalue weighted by atomic mass is 9.87. The molecule has 0 bridgehead atoms. The monoisotopic (exact) mass is 361 g/mol. The predicted molar refractivity (Wildman–Crippen MR) is 98.7 cm³/mol. The molecule has 0 radical (unpaired) electrons. The van der Waals surface area contributed by atoms with Gasteiger partial charge in [-0.15, -0.1) is 16.4 Å². The molecule has 2 aromatic rings. The minimum Gasteiger partial charge on any atom is -0.340 e. The van der Waals surface area contributed by atoms with Crippen LogP contribution in [0.3, 0.4) is 0 Å². The SMILES string of the molecule is Cc1ncsc1CCN(C)C(=O)c1cn(CCC2CCCCC2)nn1. The van der Waals surface area contributed by atoms with Crippen LogP contribution in [0.5, 0.6) is 0 Å². The number of nitrogens with zero attached hydrogens (tertiary/aromatic N) is 5. The summed E-state index contributed by atoms with van der Waals surface area (Å²) in [6.07, 6.45) is 10.5. The third kappa shape index (κ3) is 4.87. The molecule has 1 aliphatic rings. The van der Waals surface area contributed by atoms with E-state index in [-0.39, 0.29) is 5.91 Å². The van der Waals surface area contributed by atoms with E-state index in [0.717, 1.165) is 31.0 Å². The van der Waals surface area contributed by atoms with Crippen LogP contribution in [0.2, 0.25) is 0 Å². The van der Waals surface area contributed by atoms with Gasteiger partial charge < -0.3 is 4.90 Å². The summed E-state index contributed by atoms with van der Waals surface area (Å²) < 4.78 is 1.82. The molecule has 0 atom stereocenters. The van der Waals surface area contributed by atoms with Crippen molar-refractivity contribution in [1.82, 2.24) is 24.9 Å². The molecule has 0 saturated heterocycles. The molecule has 0 N–H and O–H groups in total. The lowest BCUT2D eigenvalue weighted by Gasteiger charge is -2.20. The maximum absolute atomic E-state index is 12.5. The first-order valence-electron chi connectivity index (χ1n) is 9.18. The number of hydrogen-bond donors (Lipinski definition) is 0. The first-order valence-corrected chi connectivity index (χ1v) is 10.1. The Bertz CT molecular complexity index is 689. The van der Waals surface area contributed by atoms with Gasteiger partial charge in [0.25, 0.3) is 5.91 Å². The fourth-order valence-electron chi connectivity index (χ4n) is 3.43. The molecule has 2 aromatic heterocycles. The molecule has 0 spiro atoms. The molecular weight excluding hydrogens is 334 g/mol. The van der Waals surface area contributed by atoms with E-state index in [1.165, 1.54) is 37.0 Å². The molecular formula is C18H27N5OS. The number of hydrogen-bond acceptors (Lipinski definition) is 5. The van der Waals surface area contributed by atoms with Crippen molar-refractivity contribution >= 4 is 17.2 Å². The van der Waals surface area contributed by atoms with E-state index in [2.05, 4.69) is 15.3 Å². The zero-order valence-electron chi connectivity index (χ0n) is 15.1. The zero-order chi connectivity index (χ0) is 17.6. The lowest BCUT2D eigenvalue weighted by Crippen LogP contribution is -2.29. The Labute approximate surface area is 153 Å². The van der Waals surface area contributed by atoms with Gasteiger partial charge in [0.2, 0.25) is 0 Å². The molecule has 0 aliphatic heterocycles. The molecule has 1 fully saturated rings. The molecule has 7 heteroatoms. The summed E-state index contributed by atoms with van der Waals surface area (Å²) in [5.41, 5.74) is 3.34. The van der Waals surface area contributed by atoms with Gasteiger partial charge in [-0.05, 0) is 19.3 Å². The highest BCUT2D eigenvalue weighted by Crippen LogP contribution is 2.26. The van der Waals surface area contributed by atoms with Crippen LogP contribution in [0.4, 0.5) is 0 Å². The van der Waals surface area contributed by atoms with E-state index < -0.39 is 0 Å². The van der Waals surface area contributed by atoms with Gasteiger partial charge in [0.15, 0.2) is 5.69 Å². The molecule has 2 heterocycles. The summed E-state index contributed by atoms with van der Waals surface area (Å²) in [5.74, 6) is 0.744. The van der Waals surface area contributed by atoms with Crippen molar-refractivity contribution in [3.63, 3.8) is 0 Å². The fourth-order valence-corrected chi connectivity index (χ4v) is 4.20. The third-order valence-electron chi connectivity index (χ3n) is 5.11. The Morgan fingerprint density at radius 3 is 2.88 bits per heavy atom. The van der Waals surface area contributed by atoms with Crippen molar-refractivity contribution in [2.45, 2.75) is 58.4 Å². The number of thiazole rings is 1. The third-order valence-corrected chi connectivity index (χ3v) is 6.11. The molecule has 136 valence electrons. The molecule has 6 nitrogen and oxygen atoms in total. The minimum atomic E-state index is -0.0638. The van der Waals surface area contributed by atoms with Crippen LogP contribution in [-0.4, -0.2) is 44.4 Å². The first kappa shape index (κ1) is 18.0. The summed E-state index contributed by atoms with van der Waals surface area (Å²) in [4.78, 5) is 19.7. The maximum Gasteiger partial charge on any atom is 0.275 e. The Kier molecular flexibility index (Phi) is 6.18. The van der Waals surface area contributed by atoms with Crippen LogP contribution in [0.15, 0.2) is 11.7 Å². The number of aromatic nitrogens is 4. The zero-order valence-corrected chi connectivity index (χ0v) is 16.0. The van der Waals surface area contributed by atoms with Crippen molar-refractivity contribution in [2.24, 2.45) is 5.92 Å². The van der Waals surface area contributed by atoms with E-state index in [4.69, 9.17) is 0 Å². The van der Waals surface area contributed by atoms with Crippen molar-refractivity contribution in [2.75, 3.05) is 13.6 Å². The van der Waals surface area contributed by atoms with Crippen LogP contribution < -0.4 is 0 Å². The first-order chi connectivity index (χ1) is 12.1. The van der Waals surface area contributed by atoms with Crippen LogP contribution in [0.25, 0.3) is 0 Å². The summed E-state index contributed by atoms with van der Waals surface area (Å²) in [5, 5.41) is 8.21. The summed E-state index contributed by atoms with van der Waals surface area (Å²) in [6, 6.07) is 0. The molecule has 0 aromatic carbocycles. The van der Waals surface area contributed by atoms with Gasteiger partial charge in [0.05, 0.1) is 17.4 Å². The Balaban J connectivity index is 1.48. The molecule has 25 heavy (non-hydrogen) atoms. The van der Waals surface area contributed by atoms with Crippen molar-refractivity contribution in [3.05, 3.63) is 28.0 Å². The number of rotatable bonds is 7. The number of amides is 1. The van der Waals surface area contributed by atoms with E-state index in [1.807, 2.05) is 24.2 Å². The highest BCUT2D eigenvalue weighted by molar-refractivity contribution is 7.09. The second-order valence-corrected chi connectivity index (χ2v) is 7.94. The minimum absolute atomic E-state index is 0.0638.